The lowest BCUT2D eigenvalue weighted by Gasteiger charge is -2.13. The summed E-state index contributed by atoms with van der Waals surface area (Å²) in [5.74, 6) is 0.789. The van der Waals surface area contributed by atoms with Gasteiger partial charge in [-0.2, -0.15) is 5.26 Å². The van der Waals surface area contributed by atoms with Crippen molar-refractivity contribution < 1.29 is 0 Å². The highest BCUT2D eigenvalue weighted by Crippen LogP contribution is 2.20. The fraction of sp³-hybridized carbons (Fsp3) is 0.500. The first kappa shape index (κ1) is 11.9. The van der Waals surface area contributed by atoms with Crippen molar-refractivity contribution in [3.8, 4) is 6.07 Å². The van der Waals surface area contributed by atoms with Crippen LogP contribution in [0.5, 0.6) is 0 Å². The summed E-state index contributed by atoms with van der Waals surface area (Å²) in [6.07, 6.45) is 2.45. The Bertz CT molecular complexity index is 414. The monoisotopic (exact) mass is 229 g/mol. The van der Waals surface area contributed by atoms with Gasteiger partial charge < -0.3 is 10.6 Å². The molecule has 1 aromatic rings. The predicted molar refractivity (Wildman–Crippen MR) is 70.0 cm³/mol. The molecule has 0 saturated carbocycles. The Morgan fingerprint density at radius 1 is 1.53 bits per heavy atom. The molecule has 0 radical (unpaired) electrons. The average molecular weight is 229 g/mol. The molecule has 2 rings (SSSR count). The van der Waals surface area contributed by atoms with Crippen LogP contribution in [0.2, 0.25) is 0 Å². The number of anilines is 1. The molecule has 0 aliphatic carbocycles. The van der Waals surface area contributed by atoms with Gasteiger partial charge in [-0.1, -0.05) is 12.1 Å². The predicted octanol–water partition coefficient (Wildman–Crippen LogP) is 2.28. The van der Waals surface area contributed by atoms with Gasteiger partial charge in [0.05, 0.1) is 11.3 Å². The zero-order valence-corrected chi connectivity index (χ0v) is 10.3. The largest absolute Gasteiger partial charge is 0.384 e. The van der Waals surface area contributed by atoms with Crippen molar-refractivity contribution in [2.24, 2.45) is 5.92 Å². The number of nitriles is 1. The highest BCUT2D eigenvalue weighted by molar-refractivity contribution is 5.62. The number of rotatable bonds is 4. The fourth-order valence-corrected chi connectivity index (χ4v) is 2.36. The summed E-state index contributed by atoms with van der Waals surface area (Å²) in [5.41, 5.74) is 2.89. The molecule has 17 heavy (non-hydrogen) atoms. The number of hydrogen-bond acceptors (Lipinski definition) is 3. The van der Waals surface area contributed by atoms with Crippen molar-refractivity contribution >= 4 is 5.69 Å². The first-order valence-electron chi connectivity index (χ1n) is 6.25. The highest BCUT2D eigenvalue weighted by Gasteiger charge is 2.14. The smallest absolute Gasteiger partial charge is 0.101 e. The van der Waals surface area contributed by atoms with Gasteiger partial charge in [-0.05, 0) is 50.4 Å². The molecule has 1 aromatic carbocycles. The average Bonchev–Trinajstić information content (AvgIpc) is 2.84. The van der Waals surface area contributed by atoms with Crippen molar-refractivity contribution in [3.05, 3.63) is 29.3 Å². The van der Waals surface area contributed by atoms with Crippen molar-refractivity contribution in [1.82, 2.24) is 5.32 Å². The molecule has 0 spiro atoms. The minimum atomic E-state index is 0.745. The third-order valence-corrected chi connectivity index (χ3v) is 3.41. The number of para-hydroxylation sites is 1. The van der Waals surface area contributed by atoms with E-state index >= 15 is 0 Å². The summed E-state index contributed by atoms with van der Waals surface area (Å²) in [6, 6.07) is 8.08. The number of hydrogen-bond donors (Lipinski definition) is 2. The van der Waals surface area contributed by atoms with Crippen LogP contribution in [0.15, 0.2) is 18.2 Å². The summed E-state index contributed by atoms with van der Waals surface area (Å²) in [7, 11) is 0. The van der Waals surface area contributed by atoms with Gasteiger partial charge in [-0.25, -0.2) is 0 Å². The lowest BCUT2D eigenvalue weighted by Crippen LogP contribution is -2.13. The maximum Gasteiger partial charge on any atom is 0.101 e. The first-order valence-corrected chi connectivity index (χ1v) is 6.25. The normalized spacial score (nSPS) is 18.9. The van der Waals surface area contributed by atoms with Gasteiger partial charge in [-0.3, -0.25) is 0 Å². The Labute approximate surface area is 103 Å². The van der Waals surface area contributed by atoms with E-state index in [0.29, 0.717) is 0 Å². The SMILES string of the molecule is Cc1cccc(C#N)c1NCCC1CCNC1. The van der Waals surface area contributed by atoms with Crippen LogP contribution in [0, 0.1) is 24.2 Å². The van der Waals surface area contributed by atoms with Crippen molar-refractivity contribution in [3.63, 3.8) is 0 Å². The third kappa shape index (κ3) is 2.98. The summed E-state index contributed by atoms with van der Waals surface area (Å²) in [6.45, 7) is 5.28. The van der Waals surface area contributed by atoms with Crippen molar-refractivity contribution in [1.29, 1.82) is 5.26 Å². The van der Waals surface area contributed by atoms with Crippen LogP contribution in [0.25, 0.3) is 0 Å². The van der Waals surface area contributed by atoms with E-state index in [1.165, 1.54) is 12.8 Å². The fourth-order valence-electron chi connectivity index (χ4n) is 2.36. The van der Waals surface area contributed by atoms with Gasteiger partial charge in [0.15, 0.2) is 0 Å². The molecule has 1 heterocycles. The van der Waals surface area contributed by atoms with E-state index in [1.54, 1.807) is 0 Å². The molecule has 2 N–H and O–H groups in total. The van der Waals surface area contributed by atoms with E-state index in [0.717, 1.165) is 42.4 Å². The minimum absolute atomic E-state index is 0.745. The molecule has 1 aliphatic rings. The van der Waals surface area contributed by atoms with Gasteiger partial charge in [0.1, 0.15) is 6.07 Å². The summed E-state index contributed by atoms with van der Waals surface area (Å²) >= 11 is 0. The van der Waals surface area contributed by atoms with Crippen LogP contribution < -0.4 is 10.6 Å². The molecule has 0 amide bonds. The highest BCUT2D eigenvalue weighted by atomic mass is 14.9. The summed E-state index contributed by atoms with van der Waals surface area (Å²) in [4.78, 5) is 0. The lowest BCUT2D eigenvalue weighted by molar-refractivity contribution is 0.549. The van der Waals surface area contributed by atoms with Crippen LogP contribution in [-0.4, -0.2) is 19.6 Å². The molecule has 3 heteroatoms. The molecule has 90 valence electrons. The number of benzene rings is 1. The van der Waals surface area contributed by atoms with E-state index in [2.05, 4.69) is 16.7 Å². The quantitative estimate of drug-likeness (QED) is 0.832. The maximum absolute atomic E-state index is 9.05. The van der Waals surface area contributed by atoms with Gasteiger partial charge in [0.2, 0.25) is 0 Å². The molecule has 1 atom stereocenters. The van der Waals surface area contributed by atoms with Gasteiger partial charge in [-0.15, -0.1) is 0 Å². The molecule has 0 bridgehead atoms. The molecular formula is C14H19N3. The molecule has 1 fully saturated rings. The second-order valence-corrected chi connectivity index (χ2v) is 4.68. The number of aryl methyl sites for hydroxylation is 1. The third-order valence-electron chi connectivity index (χ3n) is 3.41. The summed E-state index contributed by atoms with van der Waals surface area (Å²) in [5, 5.41) is 15.8. The Morgan fingerprint density at radius 2 is 2.41 bits per heavy atom. The van der Waals surface area contributed by atoms with Crippen LogP contribution >= 0.6 is 0 Å². The maximum atomic E-state index is 9.05. The van der Waals surface area contributed by atoms with Crippen LogP contribution in [-0.2, 0) is 0 Å². The topological polar surface area (TPSA) is 47.9 Å². The van der Waals surface area contributed by atoms with Gasteiger partial charge in [0, 0.05) is 6.54 Å². The lowest BCUT2D eigenvalue weighted by atomic mass is 10.0. The van der Waals surface area contributed by atoms with E-state index in [-0.39, 0.29) is 0 Å². The number of nitrogens with one attached hydrogen (secondary N) is 2. The second-order valence-electron chi connectivity index (χ2n) is 4.68. The second kappa shape index (κ2) is 5.70. The number of nitrogens with zero attached hydrogens (tertiary/aromatic N) is 1. The first-order chi connectivity index (χ1) is 8.31. The Balaban J connectivity index is 1.92. The Kier molecular flexibility index (Phi) is 4.00. The zero-order valence-electron chi connectivity index (χ0n) is 10.3. The molecular weight excluding hydrogens is 210 g/mol. The standard InChI is InChI=1S/C14H19N3/c1-11-3-2-4-13(9-15)14(11)17-8-6-12-5-7-16-10-12/h2-4,12,16-17H,5-8,10H2,1H3. The van der Waals surface area contributed by atoms with E-state index in [9.17, 15) is 0 Å². The van der Waals surface area contributed by atoms with Crippen LogP contribution in [0.4, 0.5) is 5.69 Å². The Hall–Kier alpha value is -1.53. The summed E-state index contributed by atoms with van der Waals surface area (Å²) < 4.78 is 0. The van der Waals surface area contributed by atoms with E-state index in [4.69, 9.17) is 5.26 Å². The van der Waals surface area contributed by atoms with Crippen molar-refractivity contribution in [2.45, 2.75) is 19.8 Å². The zero-order chi connectivity index (χ0) is 12.1. The van der Waals surface area contributed by atoms with E-state index in [1.807, 2.05) is 25.1 Å². The van der Waals surface area contributed by atoms with E-state index < -0.39 is 0 Å². The van der Waals surface area contributed by atoms with Crippen molar-refractivity contribution in [2.75, 3.05) is 25.0 Å². The minimum Gasteiger partial charge on any atom is -0.384 e. The van der Waals surface area contributed by atoms with Crippen LogP contribution in [0.1, 0.15) is 24.0 Å². The molecule has 1 aliphatic heterocycles. The van der Waals surface area contributed by atoms with Gasteiger partial charge >= 0.3 is 0 Å². The molecule has 1 unspecified atom stereocenters. The molecule has 3 nitrogen and oxygen atoms in total. The van der Waals surface area contributed by atoms with Gasteiger partial charge in [0.25, 0.3) is 0 Å². The Morgan fingerprint density at radius 3 is 3.12 bits per heavy atom. The molecule has 0 aromatic heterocycles. The molecule has 1 saturated heterocycles. The van der Waals surface area contributed by atoms with Crippen LogP contribution in [0.3, 0.4) is 0 Å².